The molecule has 0 saturated carbocycles. The first-order valence-electron chi connectivity index (χ1n) is 6.08. The first-order valence-corrected chi connectivity index (χ1v) is 6.08. The third-order valence-corrected chi connectivity index (χ3v) is 3.02. The summed E-state index contributed by atoms with van der Waals surface area (Å²) in [5.74, 6) is 2.04. The minimum atomic E-state index is 0.586. The Morgan fingerprint density at radius 1 is 0.850 bits per heavy atom. The van der Waals surface area contributed by atoms with Crippen LogP contribution in [0, 0.1) is 0 Å². The standard InChI is InChI=1S/C16H16O4/c1-18-13-7-12(8-14(9-13)19-2)15-6-11(10-17)4-5-16(15)20-3/h4-10H,1-3H3. The minimum absolute atomic E-state index is 0.586. The second-order valence-corrected chi connectivity index (χ2v) is 4.18. The van der Waals surface area contributed by atoms with Crippen molar-refractivity contribution in [2.45, 2.75) is 0 Å². The van der Waals surface area contributed by atoms with Crippen LogP contribution in [0.3, 0.4) is 0 Å². The van der Waals surface area contributed by atoms with Crippen LogP contribution in [0.5, 0.6) is 17.2 Å². The molecule has 0 aliphatic rings. The van der Waals surface area contributed by atoms with Gasteiger partial charge in [0, 0.05) is 17.2 Å². The van der Waals surface area contributed by atoms with Crippen LogP contribution in [0.4, 0.5) is 0 Å². The summed E-state index contributed by atoms with van der Waals surface area (Å²) in [4.78, 5) is 10.9. The maximum atomic E-state index is 10.9. The fourth-order valence-corrected chi connectivity index (χ4v) is 1.99. The fraction of sp³-hybridized carbons (Fsp3) is 0.188. The number of carbonyl (C=O) groups is 1. The summed E-state index contributed by atoms with van der Waals surface area (Å²) >= 11 is 0. The third-order valence-electron chi connectivity index (χ3n) is 3.02. The molecular formula is C16H16O4. The molecule has 2 aromatic rings. The van der Waals surface area contributed by atoms with E-state index in [0.717, 1.165) is 17.4 Å². The van der Waals surface area contributed by atoms with Crippen molar-refractivity contribution in [3.05, 3.63) is 42.0 Å². The minimum Gasteiger partial charge on any atom is -0.497 e. The SMILES string of the molecule is COc1cc(OC)cc(-c2cc(C=O)ccc2OC)c1. The normalized spacial score (nSPS) is 9.95. The van der Waals surface area contributed by atoms with Gasteiger partial charge < -0.3 is 14.2 Å². The highest BCUT2D eigenvalue weighted by Gasteiger charge is 2.10. The van der Waals surface area contributed by atoms with E-state index in [2.05, 4.69) is 0 Å². The Morgan fingerprint density at radius 2 is 1.50 bits per heavy atom. The molecule has 0 unspecified atom stereocenters. The zero-order chi connectivity index (χ0) is 14.5. The molecule has 104 valence electrons. The maximum Gasteiger partial charge on any atom is 0.150 e. The molecule has 0 saturated heterocycles. The molecule has 0 N–H and O–H groups in total. The van der Waals surface area contributed by atoms with Crippen molar-refractivity contribution >= 4 is 6.29 Å². The van der Waals surface area contributed by atoms with Crippen molar-refractivity contribution in [2.75, 3.05) is 21.3 Å². The van der Waals surface area contributed by atoms with Crippen LogP contribution in [0.2, 0.25) is 0 Å². The molecule has 4 nitrogen and oxygen atoms in total. The molecule has 0 heterocycles. The van der Waals surface area contributed by atoms with Crippen molar-refractivity contribution in [1.29, 1.82) is 0 Å². The molecule has 0 aliphatic carbocycles. The number of benzene rings is 2. The van der Waals surface area contributed by atoms with E-state index in [1.54, 1.807) is 45.6 Å². The van der Waals surface area contributed by atoms with Crippen LogP contribution in [-0.4, -0.2) is 27.6 Å². The largest absolute Gasteiger partial charge is 0.497 e. The monoisotopic (exact) mass is 272 g/mol. The first kappa shape index (κ1) is 13.9. The Labute approximate surface area is 117 Å². The van der Waals surface area contributed by atoms with Gasteiger partial charge in [-0.3, -0.25) is 4.79 Å². The predicted molar refractivity (Wildman–Crippen MR) is 76.9 cm³/mol. The lowest BCUT2D eigenvalue weighted by atomic mass is 10.0. The maximum absolute atomic E-state index is 10.9. The van der Waals surface area contributed by atoms with E-state index in [1.165, 1.54) is 0 Å². The van der Waals surface area contributed by atoms with Crippen molar-refractivity contribution in [1.82, 2.24) is 0 Å². The van der Waals surface area contributed by atoms with Crippen LogP contribution in [0.15, 0.2) is 36.4 Å². The summed E-state index contributed by atoms with van der Waals surface area (Å²) in [6.07, 6.45) is 0.806. The van der Waals surface area contributed by atoms with Crippen LogP contribution in [0.1, 0.15) is 10.4 Å². The molecule has 0 fully saturated rings. The summed E-state index contributed by atoms with van der Waals surface area (Å²) < 4.78 is 15.9. The van der Waals surface area contributed by atoms with Crippen molar-refractivity contribution < 1.29 is 19.0 Å². The fourth-order valence-electron chi connectivity index (χ4n) is 1.99. The lowest BCUT2D eigenvalue weighted by Crippen LogP contribution is -1.93. The summed E-state index contributed by atoms with van der Waals surface area (Å²) in [7, 11) is 4.78. The van der Waals surface area contributed by atoms with Crippen LogP contribution < -0.4 is 14.2 Å². The van der Waals surface area contributed by atoms with Gasteiger partial charge in [0.1, 0.15) is 23.5 Å². The molecule has 0 aromatic heterocycles. The van der Waals surface area contributed by atoms with Gasteiger partial charge in [-0.2, -0.15) is 0 Å². The average molecular weight is 272 g/mol. The molecule has 0 atom stereocenters. The lowest BCUT2D eigenvalue weighted by Gasteiger charge is -2.12. The molecule has 4 heteroatoms. The average Bonchev–Trinajstić information content (AvgIpc) is 2.53. The lowest BCUT2D eigenvalue weighted by molar-refractivity contribution is 0.112. The molecule has 0 spiro atoms. The van der Waals surface area contributed by atoms with Gasteiger partial charge >= 0.3 is 0 Å². The molecule has 0 amide bonds. The van der Waals surface area contributed by atoms with Gasteiger partial charge in [0.05, 0.1) is 21.3 Å². The molecule has 0 radical (unpaired) electrons. The number of aldehydes is 1. The molecule has 2 rings (SSSR count). The van der Waals surface area contributed by atoms with E-state index in [-0.39, 0.29) is 0 Å². The van der Waals surface area contributed by atoms with E-state index >= 15 is 0 Å². The molecule has 0 aliphatic heterocycles. The van der Waals surface area contributed by atoms with Gasteiger partial charge in [0.15, 0.2) is 0 Å². The zero-order valence-corrected chi connectivity index (χ0v) is 11.7. The zero-order valence-electron chi connectivity index (χ0n) is 11.7. The number of rotatable bonds is 5. The van der Waals surface area contributed by atoms with Crippen molar-refractivity contribution in [3.8, 4) is 28.4 Å². The third kappa shape index (κ3) is 2.74. The quantitative estimate of drug-likeness (QED) is 0.784. The summed E-state index contributed by atoms with van der Waals surface area (Å²) in [5.41, 5.74) is 2.26. The Hall–Kier alpha value is -2.49. The topological polar surface area (TPSA) is 44.8 Å². The van der Waals surface area contributed by atoms with Crippen molar-refractivity contribution in [2.24, 2.45) is 0 Å². The second-order valence-electron chi connectivity index (χ2n) is 4.18. The number of hydrogen-bond acceptors (Lipinski definition) is 4. The van der Waals surface area contributed by atoms with E-state index in [1.807, 2.05) is 12.1 Å². The predicted octanol–water partition coefficient (Wildman–Crippen LogP) is 3.19. The molecule has 20 heavy (non-hydrogen) atoms. The van der Waals surface area contributed by atoms with Gasteiger partial charge in [-0.1, -0.05) is 0 Å². The number of carbonyl (C=O) groups excluding carboxylic acids is 1. The Balaban J connectivity index is 2.62. The van der Waals surface area contributed by atoms with Crippen LogP contribution in [0.25, 0.3) is 11.1 Å². The number of ether oxygens (including phenoxy) is 3. The van der Waals surface area contributed by atoms with Crippen molar-refractivity contribution in [3.63, 3.8) is 0 Å². The highest BCUT2D eigenvalue weighted by molar-refractivity contribution is 5.82. The second kappa shape index (κ2) is 6.10. The Bertz CT molecular complexity index is 598. The molecule has 2 aromatic carbocycles. The highest BCUT2D eigenvalue weighted by atomic mass is 16.5. The van der Waals surface area contributed by atoms with Gasteiger partial charge in [-0.25, -0.2) is 0 Å². The van der Waals surface area contributed by atoms with Gasteiger partial charge in [0.2, 0.25) is 0 Å². The first-order chi connectivity index (χ1) is 9.71. The Kier molecular flexibility index (Phi) is 4.25. The number of hydrogen-bond donors (Lipinski definition) is 0. The summed E-state index contributed by atoms with van der Waals surface area (Å²) in [5, 5.41) is 0. The summed E-state index contributed by atoms with van der Waals surface area (Å²) in [6.45, 7) is 0. The van der Waals surface area contributed by atoms with Gasteiger partial charge in [0.25, 0.3) is 0 Å². The van der Waals surface area contributed by atoms with E-state index in [0.29, 0.717) is 22.8 Å². The van der Waals surface area contributed by atoms with Crippen LogP contribution in [-0.2, 0) is 0 Å². The van der Waals surface area contributed by atoms with Gasteiger partial charge in [-0.05, 0) is 35.9 Å². The van der Waals surface area contributed by atoms with E-state index < -0.39 is 0 Å². The Morgan fingerprint density at radius 3 is 2.00 bits per heavy atom. The van der Waals surface area contributed by atoms with E-state index in [4.69, 9.17) is 14.2 Å². The number of methoxy groups -OCH3 is 3. The smallest absolute Gasteiger partial charge is 0.150 e. The molecule has 0 bridgehead atoms. The summed E-state index contributed by atoms with van der Waals surface area (Å²) in [6, 6.07) is 10.8. The van der Waals surface area contributed by atoms with Gasteiger partial charge in [-0.15, -0.1) is 0 Å². The van der Waals surface area contributed by atoms with E-state index in [9.17, 15) is 4.79 Å². The molecular weight excluding hydrogens is 256 g/mol. The van der Waals surface area contributed by atoms with Crippen LogP contribution >= 0.6 is 0 Å². The highest BCUT2D eigenvalue weighted by Crippen LogP contribution is 2.35.